The topological polar surface area (TPSA) is 62.6 Å². The molecule has 1 aliphatic rings. The summed E-state index contributed by atoms with van der Waals surface area (Å²) in [5.74, 6) is 0.817. The van der Waals surface area contributed by atoms with E-state index in [1.54, 1.807) is 31.4 Å². The highest BCUT2D eigenvalue weighted by molar-refractivity contribution is 5.94. The molecule has 0 atom stereocenters. The molecule has 162 valence electrons. The van der Waals surface area contributed by atoms with Crippen LogP contribution < -0.4 is 4.74 Å². The molecule has 1 aliphatic heterocycles. The molecule has 0 radical (unpaired) electrons. The highest BCUT2D eigenvalue weighted by atomic mass is 16.5. The molecule has 1 heterocycles. The summed E-state index contributed by atoms with van der Waals surface area (Å²) < 4.78 is 11.3. The number of rotatable bonds is 6. The van der Waals surface area contributed by atoms with E-state index in [1.165, 1.54) is 0 Å². The highest BCUT2D eigenvalue weighted by Gasteiger charge is 2.25. The predicted molar refractivity (Wildman–Crippen MR) is 123 cm³/mol. The fraction of sp³-hybridized carbons (Fsp3) is 0.259. The van der Waals surface area contributed by atoms with Gasteiger partial charge in [-0.25, -0.2) is 0 Å². The van der Waals surface area contributed by atoms with Gasteiger partial charge in [-0.05, 0) is 47.0 Å². The van der Waals surface area contributed by atoms with Crippen molar-refractivity contribution in [1.29, 1.82) is 5.26 Å². The third-order valence-electron chi connectivity index (χ3n) is 5.72. The maximum Gasteiger partial charge on any atom is 0.253 e. The van der Waals surface area contributed by atoms with E-state index in [1.807, 2.05) is 17.0 Å². The van der Waals surface area contributed by atoms with E-state index in [-0.39, 0.29) is 12.0 Å². The molecule has 1 saturated heterocycles. The van der Waals surface area contributed by atoms with Crippen molar-refractivity contribution < 1.29 is 14.3 Å². The lowest BCUT2D eigenvalue weighted by atomic mass is 10.0. The molecular weight excluding hydrogens is 400 g/mol. The maximum atomic E-state index is 12.7. The molecule has 0 aromatic heterocycles. The molecule has 0 bridgehead atoms. The maximum absolute atomic E-state index is 12.7. The monoisotopic (exact) mass is 426 g/mol. The van der Waals surface area contributed by atoms with Crippen LogP contribution in [0.25, 0.3) is 11.1 Å². The SMILES string of the molecule is COCc1ccc(-c2ccc(OC3CCN(C(=O)c4cccc(C#N)c4)CC3)cc2)cc1. The number of ether oxygens (including phenoxy) is 2. The fourth-order valence-corrected chi connectivity index (χ4v) is 3.96. The van der Waals surface area contributed by atoms with Crippen LogP contribution in [0.15, 0.2) is 72.8 Å². The number of methoxy groups -OCH3 is 1. The lowest BCUT2D eigenvalue weighted by Gasteiger charge is -2.32. The lowest BCUT2D eigenvalue weighted by molar-refractivity contribution is 0.0595. The lowest BCUT2D eigenvalue weighted by Crippen LogP contribution is -2.41. The Hall–Kier alpha value is -3.62. The van der Waals surface area contributed by atoms with Crippen molar-refractivity contribution in [3.63, 3.8) is 0 Å². The Labute approximate surface area is 188 Å². The van der Waals surface area contributed by atoms with E-state index in [0.29, 0.717) is 30.8 Å². The summed E-state index contributed by atoms with van der Waals surface area (Å²) >= 11 is 0. The van der Waals surface area contributed by atoms with Gasteiger partial charge in [0, 0.05) is 38.6 Å². The van der Waals surface area contributed by atoms with Crippen molar-refractivity contribution in [2.45, 2.75) is 25.6 Å². The number of amides is 1. The van der Waals surface area contributed by atoms with Crippen LogP contribution in [-0.2, 0) is 11.3 Å². The summed E-state index contributed by atoms with van der Waals surface area (Å²) in [5, 5.41) is 9.05. The number of carbonyl (C=O) groups excluding carboxylic acids is 1. The first-order valence-corrected chi connectivity index (χ1v) is 10.8. The van der Waals surface area contributed by atoms with Crippen molar-refractivity contribution in [2.75, 3.05) is 20.2 Å². The van der Waals surface area contributed by atoms with Crippen LogP contribution in [0.2, 0.25) is 0 Å². The second-order valence-corrected chi connectivity index (χ2v) is 7.96. The normalized spacial score (nSPS) is 14.1. The van der Waals surface area contributed by atoms with Crippen LogP contribution in [0.5, 0.6) is 5.75 Å². The Bertz CT molecular complexity index is 1090. The second kappa shape index (κ2) is 10.1. The van der Waals surface area contributed by atoms with Gasteiger partial charge >= 0.3 is 0 Å². The molecule has 3 aromatic carbocycles. The number of nitrogens with zero attached hydrogens (tertiary/aromatic N) is 2. The molecule has 3 aromatic rings. The van der Waals surface area contributed by atoms with Crippen molar-refractivity contribution in [3.05, 3.63) is 89.5 Å². The average Bonchev–Trinajstić information content (AvgIpc) is 2.85. The van der Waals surface area contributed by atoms with Crippen LogP contribution in [0.3, 0.4) is 0 Å². The first kappa shape index (κ1) is 21.6. The Morgan fingerprint density at radius 2 is 1.66 bits per heavy atom. The summed E-state index contributed by atoms with van der Waals surface area (Å²) in [6, 6.07) is 25.5. The summed E-state index contributed by atoms with van der Waals surface area (Å²) in [7, 11) is 1.70. The molecule has 0 aliphatic carbocycles. The Morgan fingerprint density at radius 3 is 2.28 bits per heavy atom. The minimum atomic E-state index is -0.0265. The summed E-state index contributed by atoms with van der Waals surface area (Å²) in [6.45, 7) is 1.90. The highest BCUT2D eigenvalue weighted by Crippen LogP contribution is 2.25. The van der Waals surface area contributed by atoms with Crippen LogP contribution in [0, 0.1) is 11.3 Å². The van der Waals surface area contributed by atoms with Gasteiger partial charge in [-0.1, -0.05) is 42.5 Å². The number of piperidine rings is 1. The van der Waals surface area contributed by atoms with Gasteiger partial charge in [0.25, 0.3) is 5.91 Å². The number of hydrogen-bond acceptors (Lipinski definition) is 4. The molecule has 5 nitrogen and oxygen atoms in total. The zero-order chi connectivity index (χ0) is 22.3. The number of carbonyl (C=O) groups is 1. The van der Waals surface area contributed by atoms with Crippen molar-refractivity contribution in [2.24, 2.45) is 0 Å². The van der Waals surface area contributed by atoms with E-state index in [2.05, 4.69) is 42.5 Å². The van der Waals surface area contributed by atoms with Crippen molar-refractivity contribution in [1.82, 2.24) is 4.90 Å². The number of benzene rings is 3. The van der Waals surface area contributed by atoms with Crippen LogP contribution >= 0.6 is 0 Å². The minimum absolute atomic E-state index is 0.0265. The van der Waals surface area contributed by atoms with E-state index in [4.69, 9.17) is 14.7 Å². The molecule has 1 amide bonds. The summed E-state index contributed by atoms with van der Waals surface area (Å²) in [6.07, 6.45) is 1.65. The van der Waals surface area contributed by atoms with Crippen molar-refractivity contribution >= 4 is 5.91 Å². The molecule has 0 spiro atoms. The van der Waals surface area contributed by atoms with E-state index >= 15 is 0 Å². The standard InChI is InChI=1S/C27H26N2O3/c1-31-19-20-5-7-22(8-6-20)23-9-11-25(12-10-23)32-26-13-15-29(16-14-26)27(30)24-4-2-3-21(17-24)18-28/h2-12,17,26H,13-16,19H2,1H3. The molecular formula is C27H26N2O3. The zero-order valence-corrected chi connectivity index (χ0v) is 18.2. The third-order valence-corrected chi connectivity index (χ3v) is 5.72. The summed E-state index contributed by atoms with van der Waals surface area (Å²) in [5.41, 5.74) is 4.52. The zero-order valence-electron chi connectivity index (χ0n) is 18.2. The van der Waals surface area contributed by atoms with E-state index in [0.717, 1.165) is 35.3 Å². The van der Waals surface area contributed by atoms with Gasteiger partial charge < -0.3 is 14.4 Å². The van der Waals surface area contributed by atoms with Gasteiger partial charge in [-0.15, -0.1) is 0 Å². The minimum Gasteiger partial charge on any atom is -0.490 e. The largest absolute Gasteiger partial charge is 0.490 e. The third kappa shape index (κ3) is 5.16. The van der Waals surface area contributed by atoms with Crippen LogP contribution in [-0.4, -0.2) is 37.1 Å². The molecule has 0 unspecified atom stereocenters. The van der Waals surface area contributed by atoms with Gasteiger partial charge in [0.1, 0.15) is 11.9 Å². The van der Waals surface area contributed by atoms with Gasteiger partial charge in [-0.2, -0.15) is 5.26 Å². The van der Waals surface area contributed by atoms with E-state index in [9.17, 15) is 4.79 Å². The molecule has 0 N–H and O–H groups in total. The molecule has 5 heteroatoms. The first-order chi connectivity index (χ1) is 15.7. The number of likely N-dealkylation sites (tertiary alicyclic amines) is 1. The van der Waals surface area contributed by atoms with Gasteiger partial charge in [0.15, 0.2) is 0 Å². The Balaban J connectivity index is 1.31. The number of hydrogen-bond donors (Lipinski definition) is 0. The average molecular weight is 427 g/mol. The van der Waals surface area contributed by atoms with Gasteiger partial charge in [-0.3, -0.25) is 4.79 Å². The predicted octanol–water partition coefficient (Wildman–Crippen LogP) is 5.06. The Kier molecular flexibility index (Phi) is 6.84. The summed E-state index contributed by atoms with van der Waals surface area (Å²) in [4.78, 5) is 14.6. The molecule has 4 rings (SSSR count). The van der Waals surface area contributed by atoms with Crippen molar-refractivity contribution in [3.8, 4) is 22.9 Å². The van der Waals surface area contributed by atoms with Crippen LogP contribution in [0.1, 0.15) is 34.3 Å². The quantitative estimate of drug-likeness (QED) is 0.553. The van der Waals surface area contributed by atoms with E-state index < -0.39 is 0 Å². The molecule has 1 fully saturated rings. The fourth-order valence-electron chi connectivity index (χ4n) is 3.96. The van der Waals surface area contributed by atoms with Gasteiger partial charge in [0.05, 0.1) is 18.2 Å². The first-order valence-electron chi connectivity index (χ1n) is 10.8. The molecule has 0 saturated carbocycles. The second-order valence-electron chi connectivity index (χ2n) is 7.96. The molecule has 32 heavy (non-hydrogen) atoms. The smallest absolute Gasteiger partial charge is 0.253 e. The van der Waals surface area contributed by atoms with Gasteiger partial charge in [0.2, 0.25) is 0 Å². The number of nitriles is 1. The van der Waals surface area contributed by atoms with Crippen LogP contribution in [0.4, 0.5) is 0 Å². The Morgan fingerprint density at radius 1 is 1.00 bits per heavy atom.